The molecular weight excluding hydrogens is 366 g/mol. The van der Waals surface area contributed by atoms with E-state index in [1.807, 2.05) is 10.7 Å². The van der Waals surface area contributed by atoms with E-state index in [4.69, 9.17) is 0 Å². The molecule has 3 amide bonds. The highest BCUT2D eigenvalue weighted by atomic mass is 16.2. The summed E-state index contributed by atoms with van der Waals surface area (Å²) in [5.74, 6) is 0.483. The van der Waals surface area contributed by atoms with Gasteiger partial charge in [0.25, 0.3) is 0 Å². The largest absolute Gasteiger partial charge is 0.328 e. The van der Waals surface area contributed by atoms with Crippen LogP contribution < -0.4 is 10.2 Å². The Balaban J connectivity index is 1.31. The number of aromatic nitrogens is 2. The SMILES string of the molecule is C[C@H]1C[C@H](Cc2ccn3ncc(N4CCC(=O)NC4=O)c3c2)CCN1C1CCC1. The van der Waals surface area contributed by atoms with Crippen molar-refractivity contribution in [2.45, 2.75) is 64.0 Å². The molecule has 1 N–H and O–H groups in total. The molecule has 4 heterocycles. The van der Waals surface area contributed by atoms with E-state index in [-0.39, 0.29) is 11.9 Å². The van der Waals surface area contributed by atoms with Gasteiger partial charge in [-0.25, -0.2) is 9.31 Å². The van der Waals surface area contributed by atoms with E-state index < -0.39 is 0 Å². The van der Waals surface area contributed by atoms with Gasteiger partial charge in [0.15, 0.2) is 0 Å². The number of urea groups is 1. The van der Waals surface area contributed by atoms with Crippen LogP contribution in [-0.2, 0) is 11.2 Å². The van der Waals surface area contributed by atoms with Crippen molar-refractivity contribution in [1.29, 1.82) is 0 Å². The van der Waals surface area contributed by atoms with E-state index in [0.29, 0.717) is 24.9 Å². The molecule has 2 atom stereocenters. The lowest BCUT2D eigenvalue weighted by Gasteiger charge is -2.46. The van der Waals surface area contributed by atoms with Crippen LogP contribution in [0.25, 0.3) is 5.52 Å². The fourth-order valence-electron chi connectivity index (χ4n) is 5.21. The number of piperidine rings is 1. The third kappa shape index (κ3) is 3.52. The van der Waals surface area contributed by atoms with Crippen molar-refractivity contribution in [2.75, 3.05) is 18.0 Å². The average Bonchev–Trinajstić information content (AvgIpc) is 3.05. The van der Waals surface area contributed by atoms with Crippen LogP contribution in [0.2, 0.25) is 0 Å². The molecule has 2 saturated heterocycles. The van der Waals surface area contributed by atoms with Crippen molar-refractivity contribution >= 4 is 23.1 Å². The van der Waals surface area contributed by atoms with E-state index >= 15 is 0 Å². The number of nitrogens with one attached hydrogen (secondary N) is 1. The highest BCUT2D eigenvalue weighted by molar-refractivity contribution is 6.07. The predicted octanol–water partition coefficient (Wildman–Crippen LogP) is 2.98. The van der Waals surface area contributed by atoms with Crippen LogP contribution in [0.5, 0.6) is 0 Å². The van der Waals surface area contributed by atoms with Crippen LogP contribution in [0.15, 0.2) is 24.5 Å². The molecule has 0 unspecified atom stereocenters. The van der Waals surface area contributed by atoms with Gasteiger partial charge in [0.2, 0.25) is 5.91 Å². The molecule has 0 spiro atoms. The van der Waals surface area contributed by atoms with Crippen molar-refractivity contribution < 1.29 is 9.59 Å². The number of imide groups is 1. The van der Waals surface area contributed by atoms with Gasteiger partial charge in [-0.2, -0.15) is 5.10 Å². The number of hydrogen-bond acceptors (Lipinski definition) is 4. The number of nitrogens with zero attached hydrogens (tertiary/aromatic N) is 4. The molecule has 3 fully saturated rings. The van der Waals surface area contributed by atoms with Crippen LogP contribution in [0.4, 0.5) is 10.5 Å². The van der Waals surface area contributed by atoms with Crippen LogP contribution in [0.1, 0.15) is 51.0 Å². The molecule has 29 heavy (non-hydrogen) atoms. The summed E-state index contributed by atoms with van der Waals surface area (Å²) in [6.45, 7) is 4.01. The van der Waals surface area contributed by atoms with Crippen molar-refractivity contribution in [3.05, 3.63) is 30.1 Å². The van der Waals surface area contributed by atoms with Crippen LogP contribution in [-0.4, -0.2) is 51.6 Å². The monoisotopic (exact) mass is 395 g/mol. The highest BCUT2D eigenvalue weighted by Gasteiger charge is 2.33. The smallest absolute Gasteiger partial charge is 0.298 e. The lowest BCUT2D eigenvalue weighted by Crippen LogP contribution is -2.49. The maximum atomic E-state index is 12.3. The number of anilines is 1. The average molecular weight is 396 g/mol. The summed E-state index contributed by atoms with van der Waals surface area (Å²) in [7, 11) is 0. The first kappa shape index (κ1) is 18.6. The third-order valence-corrected chi connectivity index (χ3v) is 7.01. The van der Waals surface area contributed by atoms with Crippen molar-refractivity contribution in [1.82, 2.24) is 19.8 Å². The molecule has 3 aliphatic rings. The van der Waals surface area contributed by atoms with Gasteiger partial charge in [-0.1, -0.05) is 6.42 Å². The highest BCUT2D eigenvalue weighted by Crippen LogP contribution is 2.34. The first-order valence-electron chi connectivity index (χ1n) is 10.9. The van der Waals surface area contributed by atoms with Gasteiger partial charge in [-0.05, 0) is 69.2 Å². The molecule has 0 radical (unpaired) electrons. The van der Waals surface area contributed by atoms with E-state index in [1.54, 1.807) is 11.1 Å². The van der Waals surface area contributed by atoms with Crippen molar-refractivity contribution in [3.63, 3.8) is 0 Å². The number of hydrogen-bond donors (Lipinski definition) is 1. The van der Waals surface area contributed by atoms with Crippen LogP contribution >= 0.6 is 0 Å². The molecule has 0 bridgehead atoms. The summed E-state index contributed by atoms with van der Waals surface area (Å²) in [5, 5.41) is 6.79. The lowest BCUT2D eigenvalue weighted by molar-refractivity contribution is -0.120. The van der Waals surface area contributed by atoms with Gasteiger partial charge in [0.05, 0.1) is 17.4 Å². The number of likely N-dealkylation sites (tertiary alicyclic amines) is 1. The first-order chi connectivity index (χ1) is 14.1. The summed E-state index contributed by atoms with van der Waals surface area (Å²) in [6.07, 6.45) is 11.8. The molecule has 1 aliphatic carbocycles. The predicted molar refractivity (Wildman–Crippen MR) is 111 cm³/mol. The minimum Gasteiger partial charge on any atom is -0.298 e. The first-order valence-corrected chi connectivity index (χ1v) is 10.9. The quantitative estimate of drug-likeness (QED) is 0.864. The number of carbonyl (C=O) groups excluding carboxylic acids is 2. The topological polar surface area (TPSA) is 70.0 Å². The maximum absolute atomic E-state index is 12.3. The van der Waals surface area contributed by atoms with Gasteiger partial charge >= 0.3 is 6.03 Å². The van der Waals surface area contributed by atoms with Gasteiger partial charge in [0, 0.05) is 31.2 Å². The molecule has 7 heteroatoms. The number of fused-ring (bicyclic) bond motifs is 1. The fourth-order valence-corrected chi connectivity index (χ4v) is 5.21. The molecule has 7 nitrogen and oxygen atoms in total. The normalized spacial score (nSPS) is 26.6. The van der Waals surface area contributed by atoms with E-state index in [2.05, 4.69) is 34.4 Å². The van der Waals surface area contributed by atoms with Crippen molar-refractivity contribution in [3.8, 4) is 0 Å². The second-order valence-electron chi connectivity index (χ2n) is 8.92. The summed E-state index contributed by atoms with van der Waals surface area (Å²) in [4.78, 5) is 28.1. The minimum absolute atomic E-state index is 0.217. The van der Waals surface area contributed by atoms with E-state index in [1.165, 1.54) is 44.2 Å². The zero-order valence-corrected chi connectivity index (χ0v) is 17.0. The summed E-state index contributed by atoms with van der Waals surface area (Å²) >= 11 is 0. The molecule has 5 rings (SSSR count). The number of rotatable bonds is 4. The molecule has 154 valence electrons. The Morgan fingerprint density at radius 3 is 2.79 bits per heavy atom. The zero-order valence-electron chi connectivity index (χ0n) is 17.0. The Bertz CT molecular complexity index is 934. The van der Waals surface area contributed by atoms with Gasteiger partial charge < -0.3 is 0 Å². The second-order valence-corrected chi connectivity index (χ2v) is 8.92. The Morgan fingerprint density at radius 2 is 2.07 bits per heavy atom. The number of pyridine rings is 1. The van der Waals surface area contributed by atoms with Gasteiger partial charge in [-0.15, -0.1) is 0 Å². The standard InChI is InChI=1S/C22H29N5O2/c1-15-11-16(5-8-25(15)18-3-2-4-18)12-17-6-10-27-19(13-17)20(14-23-27)26-9-7-21(28)24-22(26)29/h6,10,13-16,18H,2-5,7-9,11-12H2,1H3,(H,24,28,29)/t15-,16+/m0/s1. The summed E-state index contributed by atoms with van der Waals surface area (Å²) < 4.78 is 1.81. The number of carbonyl (C=O) groups is 2. The molecule has 0 aromatic carbocycles. The Labute approximate surface area is 171 Å². The third-order valence-electron chi connectivity index (χ3n) is 7.01. The van der Waals surface area contributed by atoms with Crippen LogP contribution in [0.3, 0.4) is 0 Å². The Kier molecular flexibility index (Phi) is 4.78. The fraction of sp³-hybridized carbons (Fsp3) is 0.591. The van der Waals surface area contributed by atoms with Gasteiger partial charge in [0.1, 0.15) is 0 Å². The summed E-state index contributed by atoms with van der Waals surface area (Å²) in [6, 6.07) is 5.45. The molecule has 2 aliphatic heterocycles. The van der Waals surface area contributed by atoms with Gasteiger partial charge in [-0.3, -0.25) is 19.9 Å². The van der Waals surface area contributed by atoms with E-state index in [0.717, 1.165) is 23.7 Å². The molecule has 2 aromatic heterocycles. The van der Waals surface area contributed by atoms with Crippen molar-refractivity contribution in [2.24, 2.45) is 5.92 Å². The second kappa shape index (κ2) is 7.44. The van der Waals surface area contributed by atoms with E-state index in [9.17, 15) is 9.59 Å². The maximum Gasteiger partial charge on any atom is 0.328 e. The lowest BCUT2D eigenvalue weighted by atomic mass is 9.82. The minimum atomic E-state index is -0.362. The van der Waals surface area contributed by atoms with Crippen LogP contribution in [0, 0.1) is 5.92 Å². The summed E-state index contributed by atoms with van der Waals surface area (Å²) in [5.41, 5.74) is 2.99. The zero-order chi connectivity index (χ0) is 20.0. The molecule has 2 aromatic rings. The molecule has 1 saturated carbocycles. The number of amides is 3. The Morgan fingerprint density at radius 1 is 1.21 bits per heavy atom. The Hall–Kier alpha value is -2.41. The molecular formula is C22H29N5O2.